The molecule has 0 saturated heterocycles. The van der Waals surface area contributed by atoms with Gasteiger partial charge in [-0.05, 0) is 19.3 Å². The van der Waals surface area contributed by atoms with Gasteiger partial charge in [0.2, 0.25) is 0 Å². The van der Waals surface area contributed by atoms with Crippen LogP contribution in [0.5, 0.6) is 0 Å². The van der Waals surface area contributed by atoms with Gasteiger partial charge in [0.25, 0.3) is 0 Å². The Morgan fingerprint density at radius 1 is 1.20 bits per heavy atom. The third-order valence-corrected chi connectivity index (χ3v) is 2.63. The molecule has 0 fully saturated rings. The number of methoxy groups -OCH3 is 2. The maximum atomic E-state index is 10.1. The Bertz CT molecular complexity index is 151. The number of ether oxygens (including phenoxy) is 2. The van der Waals surface area contributed by atoms with Crippen LogP contribution in [-0.2, 0) is 9.47 Å². The average molecular weight is 218 g/mol. The van der Waals surface area contributed by atoms with Gasteiger partial charge in [-0.1, -0.05) is 26.7 Å². The summed E-state index contributed by atoms with van der Waals surface area (Å²) in [5.74, 6) is 0.696. The molecule has 0 aliphatic rings. The van der Waals surface area contributed by atoms with Crippen molar-refractivity contribution < 1.29 is 14.6 Å². The van der Waals surface area contributed by atoms with Crippen LogP contribution in [0.4, 0.5) is 0 Å². The molecule has 15 heavy (non-hydrogen) atoms. The van der Waals surface area contributed by atoms with Crippen LogP contribution in [0.1, 0.15) is 46.5 Å². The van der Waals surface area contributed by atoms with Crippen LogP contribution in [-0.4, -0.2) is 31.2 Å². The Balaban J connectivity index is 3.84. The Morgan fingerprint density at radius 3 is 2.13 bits per heavy atom. The van der Waals surface area contributed by atoms with Crippen molar-refractivity contribution in [2.24, 2.45) is 5.92 Å². The van der Waals surface area contributed by atoms with Crippen molar-refractivity contribution in [1.29, 1.82) is 0 Å². The first kappa shape index (κ1) is 14.9. The van der Waals surface area contributed by atoms with E-state index in [-0.39, 0.29) is 6.29 Å². The minimum absolute atomic E-state index is 0.306. The van der Waals surface area contributed by atoms with E-state index in [1.807, 2.05) is 6.92 Å². The summed E-state index contributed by atoms with van der Waals surface area (Å²) in [5, 5.41) is 10.1. The first-order valence-corrected chi connectivity index (χ1v) is 5.69. The first-order chi connectivity index (χ1) is 6.91. The standard InChI is InChI=1S/C12H26O3/c1-10(2)7-6-8-12(3,13)9-11(14-4)15-5/h10-11,13H,6-9H2,1-5H3. The summed E-state index contributed by atoms with van der Waals surface area (Å²) in [4.78, 5) is 0. The molecular weight excluding hydrogens is 192 g/mol. The molecular formula is C12H26O3. The van der Waals surface area contributed by atoms with Gasteiger partial charge in [0.15, 0.2) is 6.29 Å². The monoisotopic (exact) mass is 218 g/mol. The summed E-state index contributed by atoms with van der Waals surface area (Å²) in [7, 11) is 3.19. The molecule has 1 atom stereocenters. The topological polar surface area (TPSA) is 38.7 Å². The van der Waals surface area contributed by atoms with Gasteiger partial charge in [-0.25, -0.2) is 0 Å². The predicted octanol–water partition coefficient (Wildman–Crippen LogP) is 2.57. The largest absolute Gasteiger partial charge is 0.390 e. The average Bonchev–Trinajstić information content (AvgIpc) is 2.13. The zero-order valence-corrected chi connectivity index (χ0v) is 10.7. The maximum absolute atomic E-state index is 10.1. The fraction of sp³-hybridized carbons (Fsp3) is 1.00. The summed E-state index contributed by atoms with van der Waals surface area (Å²) in [6.07, 6.45) is 3.22. The molecule has 0 rings (SSSR count). The molecule has 1 unspecified atom stereocenters. The quantitative estimate of drug-likeness (QED) is 0.636. The van der Waals surface area contributed by atoms with Gasteiger partial charge in [0.05, 0.1) is 5.60 Å². The van der Waals surface area contributed by atoms with Gasteiger partial charge in [-0.15, -0.1) is 0 Å². The molecule has 0 bridgehead atoms. The second-order valence-corrected chi connectivity index (χ2v) is 4.89. The van der Waals surface area contributed by atoms with Gasteiger partial charge in [0.1, 0.15) is 0 Å². The molecule has 0 saturated carbocycles. The molecule has 3 nitrogen and oxygen atoms in total. The lowest BCUT2D eigenvalue weighted by Crippen LogP contribution is -2.31. The Hall–Kier alpha value is -0.120. The highest BCUT2D eigenvalue weighted by Gasteiger charge is 2.24. The molecule has 0 aliphatic carbocycles. The third kappa shape index (κ3) is 7.77. The van der Waals surface area contributed by atoms with Gasteiger partial charge >= 0.3 is 0 Å². The highest BCUT2D eigenvalue weighted by atomic mass is 16.7. The van der Waals surface area contributed by atoms with Crippen LogP contribution in [0, 0.1) is 5.92 Å². The van der Waals surface area contributed by atoms with Crippen LogP contribution in [0.25, 0.3) is 0 Å². The Morgan fingerprint density at radius 2 is 1.73 bits per heavy atom. The van der Waals surface area contributed by atoms with Gasteiger partial charge < -0.3 is 14.6 Å². The summed E-state index contributed by atoms with van der Waals surface area (Å²) in [6, 6.07) is 0. The second kappa shape index (κ2) is 7.20. The molecule has 0 radical (unpaired) electrons. The lowest BCUT2D eigenvalue weighted by molar-refractivity contribution is -0.141. The van der Waals surface area contributed by atoms with Gasteiger partial charge in [0, 0.05) is 20.6 Å². The zero-order valence-electron chi connectivity index (χ0n) is 10.7. The van der Waals surface area contributed by atoms with Gasteiger partial charge in [-0.2, -0.15) is 0 Å². The smallest absolute Gasteiger partial charge is 0.159 e. The minimum atomic E-state index is -0.689. The Kier molecular flexibility index (Phi) is 7.14. The van der Waals surface area contributed by atoms with E-state index < -0.39 is 5.60 Å². The van der Waals surface area contributed by atoms with E-state index in [1.54, 1.807) is 14.2 Å². The van der Waals surface area contributed by atoms with E-state index in [2.05, 4.69) is 13.8 Å². The third-order valence-electron chi connectivity index (χ3n) is 2.63. The summed E-state index contributed by atoms with van der Waals surface area (Å²) >= 11 is 0. The van der Waals surface area contributed by atoms with Crippen molar-refractivity contribution in [2.45, 2.75) is 58.3 Å². The van der Waals surface area contributed by atoms with Gasteiger partial charge in [-0.3, -0.25) is 0 Å². The van der Waals surface area contributed by atoms with Crippen LogP contribution >= 0.6 is 0 Å². The summed E-state index contributed by atoms with van der Waals surface area (Å²) < 4.78 is 10.2. The highest BCUT2D eigenvalue weighted by molar-refractivity contribution is 4.74. The maximum Gasteiger partial charge on any atom is 0.159 e. The second-order valence-electron chi connectivity index (χ2n) is 4.89. The zero-order chi connectivity index (χ0) is 11.9. The molecule has 1 N–H and O–H groups in total. The van der Waals surface area contributed by atoms with E-state index in [4.69, 9.17) is 9.47 Å². The van der Waals surface area contributed by atoms with Crippen molar-refractivity contribution in [3.05, 3.63) is 0 Å². The van der Waals surface area contributed by atoms with Crippen LogP contribution in [0.2, 0.25) is 0 Å². The molecule has 0 aliphatic heterocycles. The Labute approximate surface area is 93.8 Å². The molecule has 0 amide bonds. The minimum Gasteiger partial charge on any atom is -0.390 e. The predicted molar refractivity (Wildman–Crippen MR) is 61.7 cm³/mol. The van der Waals surface area contributed by atoms with E-state index in [1.165, 1.54) is 0 Å². The molecule has 92 valence electrons. The number of rotatable bonds is 8. The van der Waals surface area contributed by atoms with Crippen molar-refractivity contribution in [3.63, 3.8) is 0 Å². The number of aliphatic hydroxyl groups is 1. The molecule has 3 heteroatoms. The van der Waals surface area contributed by atoms with Crippen molar-refractivity contribution in [1.82, 2.24) is 0 Å². The lowest BCUT2D eigenvalue weighted by Gasteiger charge is -2.27. The molecule has 0 spiro atoms. The van der Waals surface area contributed by atoms with Crippen molar-refractivity contribution >= 4 is 0 Å². The number of hydrogen-bond donors (Lipinski definition) is 1. The fourth-order valence-corrected chi connectivity index (χ4v) is 1.62. The van der Waals surface area contributed by atoms with E-state index in [0.717, 1.165) is 19.3 Å². The molecule has 0 aromatic carbocycles. The van der Waals surface area contributed by atoms with Crippen molar-refractivity contribution in [2.75, 3.05) is 14.2 Å². The van der Waals surface area contributed by atoms with E-state index >= 15 is 0 Å². The molecule has 0 heterocycles. The summed E-state index contributed by atoms with van der Waals surface area (Å²) in [5.41, 5.74) is -0.689. The van der Waals surface area contributed by atoms with Crippen molar-refractivity contribution in [3.8, 4) is 0 Å². The van der Waals surface area contributed by atoms with E-state index in [0.29, 0.717) is 12.3 Å². The first-order valence-electron chi connectivity index (χ1n) is 5.69. The van der Waals surface area contributed by atoms with Crippen LogP contribution in [0.3, 0.4) is 0 Å². The number of hydrogen-bond acceptors (Lipinski definition) is 3. The summed E-state index contributed by atoms with van der Waals surface area (Å²) in [6.45, 7) is 6.24. The highest BCUT2D eigenvalue weighted by Crippen LogP contribution is 2.22. The van der Waals surface area contributed by atoms with Crippen LogP contribution in [0.15, 0.2) is 0 Å². The van der Waals surface area contributed by atoms with Crippen LogP contribution < -0.4 is 0 Å². The normalized spacial score (nSPS) is 16.0. The molecule has 0 aromatic heterocycles. The fourth-order valence-electron chi connectivity index (χ4n) is 1.62. The van der Waals surface area contributed by atoms with E-state index in [9.17, 15) is 5.11 Å². The SMILES string of the molecule is COC(CC(C)(O)CCCC(C)C)OC. The molecule has 0 aromatic rings. The lowest BCUT2D eigenvalue weighted by atomic mass is 9.93.